The molecule has 2 aliphatic rings. The molecule has 0 radical (unpaired) electrons. The lowest BCUT2D eigenvalue weighted by Crippen LogP contribution is -2.44. The molecule has 1 aromatic heterocycles. The Balaban J connectivity index is 1.65. The van der Waals surface area contributed by atoms with E-state index < -0.39 is 5.54 Å². The Morgan fingerprint density at radius 2 is 2.10 bits per heavy atom. The second-order valence-corrected chi connectivity index (χ2v) is 5.91. The van der Waals surface area contributed by atoms with Gasteiger partial charge >= 0.3 is 6.03 Å². The van der Waals surface area contributed by atoms with Gasteiger partial charge in [-0.1, -0.05) is 18.2 Å². The van der Waals surface area contributed by atoms with Crippen LogP contribution in [-0.4, -0.2) is 22.5 Å². The molecule has 2 N–H and O–H groups in total. The number of hydrogen-bond acceptors (Lipinski definition) is 3. The van der Waals surface area contributed by atoms with Crippen LogP contribution in [-0.2, 0) is 4.79 Å². The predicted octanol–water partition coefficient (Wildman–Crippen LogP) is 2.08. The summed E-state index contributed by atoms with van der Waals surface area (Å²) in [5.41, 5.74) is 0.522. The number of carbonyl (C=O) groups is 2. The summed E-state index contributed by atoms with van der Waals surface area (Å²) in [6.45, 7) is 0. The zero-order valence-electron chi connectivity index (χ0n) is 11.4. The van der Waals surface area contributed by atoms with E-state index in [1.807, 2.05) is 12.3 Å². The maximum atomic E-state index is 12.0. The van der Waals surface area contributed by atoms with E-state index in [1.165, 1.54) is 5.56 Å². The van der Waals surface area contributed by atoms with Gasteiger partial charge in [0, 0.05) is 17.8 Å². The van der Waals surface area contributed by atoms with Gasteiger partial charge in [0.15, 0.2) is 0 Å². The molecule has 1 aliphatic heterocycles. The minimum atomic E-state index is -0.699. The third kappa shape index (κ3) is 1.88. The van der Waals surface area contributed by atoms with Crippen LogP contribution in [0.15, 0.2) is 36.7 Å². The van der Waals surface area contributed by atoms with Gasteiger partial charge in [-0.2, -0.15) is 0 Å². The van der Waals surface area contributed by atoms with Crippen molar-refractivity contribution in [3.8, 4) is 0 Å². The van der Waals surface area contributed by atoms with Gasteiger partial charge in [-0.15, -0.1) is 0 Å². The van der Waals surface area contributed by atoms with E-state index in [0.29, 0.717) is 18.8 Å². The molecule has 2 unspecified atom stereocenters. The van der Waals surface area contributed by atoms with Crippen molar-refractivity contribution < 1.29 is 9.59 Å². The number of urea groups is 1. The molecule has 2 fully saturated rings. The summed E-state index contributed by atoms with van der Waals surface area (Å²) < 4.78 is 0. The number of fused-ring (bicyclic) bond motifs is 1. The number of hydrogen-bond donors (Lipinski definition) is 2. The quantitative estimate of drug-likeness (QED) is 0.786. The summed E-state index contributed by atoms with van der Waals surface area (Å²) in [5.74, 6) is 0.117. The van der Waals surface area contributed by atoms with E-state index in [0.717, 1.165) is 17.2 Å². The van der Waals surface area contributed by atoms with E-state index in [-0.39, 0.29) is 11.9 Å². The predicted molar refractivity (Wildman–Crippen MR) is 77.7 cm³/mol. The van der Waals surface area contributed by atoms with Crippen LogP contribution in [0, 0.1) is 0 Å². The van der Waals surface area contributed by atoms with Gasteiger partial charge < -0.3 is 5.32 Å². The van der Waals surface area contributed by atoms with E-state index in [1.54, 1.807) is 6.20 Å². The average Bonchev–Trinajstić information content (AvgIpc) is 3.03. The lowest BCUT2D eigenvalue weighted by Gasteiger charge is -2.19. The highest BCUT2D eigenvalue weighted by molar-refractivity contribution is 6.07. The Morgan fingerprint density at radius 3 is 2.90 bits per heavy atom. The Bertz CT molecular complexity index is 758. The Hall–Kier alpha value is -2.43. The highest BCUT2D eigenvalue weighted by Gasteiger charge is 2.51. The van der Waals surface area contributed by atoms with Gasteiger partial charge in [-0.3, -0.25) is 15.1 Å². The molecule has 21 heavy (non-hydrogen) atoms. The largest absolute Gasteiger partial charge is 0.323 e. The maximum Gasteiger partial charge on any atom is 0.322 e. The van der Waals surface area contributed by atoms with Crippen LogP contribution in [0.4, 0.5) is 4.79 Å². The Kier molecular flexibility index (Phi) is 2.51. The summed E-state index contributed by atoms with van der Waals surface area (Å²) in [6, 6.07) is 7.95. The smallest absolute Gasteiger partial charge is 0.322 e. The minimum Gasteiger partial charge on any atom is -0.323 e. The summed E-state index contributed by atoms with van der Waals surface area (Å²) in [4.78, 5) is 27.5. The number of carbonyl (C=O) groups excluding carboxylic acids is 2. The zero-order chi connectivity index (χ0) is 14.4. The molecule has 2 atom stereocenters. The third-order valence-electron chi connectivity index (χ3n) is 4.66. The van der Waals surface area contributed by atoms with Crippen molar-refractivity contribution in [2.75, 3.05) is 0 Å². The molecule has 0 bridgehead atoms. The second-order valence-electron chi connectivity index (χ2n) is 5.91. The van der Waals surface area contributed by atoms with Crippen LogP contribution in [0.3, 0.4) is 0 Å². The molecule has 1 aromatic carbocycles. The monoisotopic (exact) mass is 281 g/mol. The van der Waals surface area contributed by atoms with Crippen molar-refractivity contribution in [2.24, 2.45) is 0 Å². The third-order valence-corrected chi connectivity index (χ3v) is 4.66. The highest BCUT2D eigenvalue weighted by Crippen LogP contribution is 2.42. The zero-order valence-corrected chi connectivity index (χ0v) is 11.4. The van der Waals surface area contributed by atoms with E-state index in [2.05, 4.69) is 33.8 Å². The lowest BCUT2D eigenvalue weighted by atomic mass is 9.91. The topological polar surface area (TPSA) is 71.1 Å². The first-order valence-corrected chi connectivity index (χ1v) is 7.14. The van der Waals surface area contributed by atoms with Gasteiger partial charge in [0.1, 0.15) is 5.54 Å². The number of pyridine rings is 1. The Labute approximate surface area is 121 Å². The number of rotatable bonds is 1. The first-order valence-electron chi connectivity index (χ1n) is 7.14. The van der Waals surface area contributed by atoms with Crippen molar-refractivity contribution in [3.05, 3.63) is 42.2 Å². The van der Waals surface area contributed by atoms with Crippen molar-refractivity contribution in [1.82, 2.24) is 15.6 Å². The standard InChI is InChI=1S/C16H15N3O2/c20-14-16(19-15(21)18-14)5-3-12(8-16)10-1-2-13-9-17-6-4-11(13)7-10/h1-2,4,6-7,9,12H,3,5,8H2,(H2,18,19,20,21). The van der Waals surface area contributed by atoms with Crippen LogP contribution in [0.1, 0.15) is 30.7 Å². The minimum absolute atomic E-state index is 0.181. The molecule has 1 spiro atoms. The fourth-order valence-electron chi connectivity index (χ4n) is 3.53. The van der Waals surface area contributed by atoms with Crippen molar-refractivity contribution in [1.29, 1.82) is 0 Å². The van der Waals surface area contributed by atoms with Crippen molar-refractivity contribution in [2.45, 2.75) is 30.7 Å². The molecule has 2 heterocycles. The SMILES string of the molecule is O=C1NC(=O)C2(CCC(c3ccc4cnccc4c3)C2)N1. The molecule has 1 saturated heterocycles. The van der Waals surface area contributed by atoms with Gasteiger partial charge in [0.2, 0.25) is 0 Å². The van der Waals surface area contributed by atoms with Crippen molar-refractivity contribution >= 4 is 22.7 Å². The summed E-state index contributed by atoms with van der Waals surface area (Å²) in [7, 11) is 0. The van der Waals surface area contributed by atoms with Gasteiger partial charge in [-0.25, -0.2) is 4.79 Å². The average molecular weight is 281 g/mol. The van der Waals surface area contributed by atoms with Crippen LogP contribution >= 0.6 is 0 Å². The number of amides is 3. The summed E-state index contributed by atoms with van der Waals surface area (Å²) >= 11 is 0. The lowest BCUT2D eigenvalue weighted by molar-refractivity contribution is -0.123. The van der Waals surface area contributed by atoms with E-state index in [9.17, 15) is 9.59 Å². The summed E-state index contributed by atoms with van der Waals surface area (Å²) in [5, 5.41) is 7.43. The molecular formula is C16H15N3O2. The summed E-state index contributed by atoms with van der Waals surface area (Å²) in [6.07, 6.45) is 5.90. The highest BCUT2D eigenvalue weighted by atomic mass is 16.2. The molecule has 2 aromatic rings. The first kappa shape index (κ1) is 12.3. The van der Waals surface area contributed by atoms with Crippen molar-refractivity contribution in [3.63, 3.8) is 0 Å². The first-order chi connectivity index (χ1) is 10.2. The molecular weight excluding hydrogens is 266 g/mol. The second kappa shape index (κ2) is 4.28. The van der Waals surface area contributed by atoms with Crippen LogP contribution < -0.4 is 10.6 Å². The van der Waals surface area contributed by atoms with Gasteiger partial charge in [-0.05, 0) is 42.2 Å². The van der Waals surface area contributed by atoms with Gasteiger partial charge in [0.05, 0.1) is 0 Å². The molecule has 1 saturated carbocycles. The molecule has 4 rings (SSSR count). The molecule has 3 amide bonds. The van der Waals surface area contributed by atoms with Crippen LogP contribution in [0.2, 0.25) is 0 Å². The maximum absolute atomic E-state index is 12.0. The number of nitrogens with one attached hydrogen (secondary N) is 2. The number of nitrogens with zero attached hydrogens (tertiary/aromatic N) is 1. The fraction of sp³-hybridized carbons (Fsp3) is 0.312. The van der Waals surface area contributed by atoms with E-state index in [4.69, 9.17) is 0 Å². The van der Waals surface area contributed by atoms with E-state index >= 15 is 0 Å². The fourth-order valence-corrected chi connectivity index (χ4v) is 3.53. The molecule has 5 nitrogen and oxygen atoms in total. The molecule has 5 heteroatoms. The van der Waals surface area contributed by atoms with Crippen LogP contribution in [0.25, 0.3) is 10.8 Å². The molecule has 1 aliphatic carbocycles. The molecule has 106 valence electrons. The number of benzene rings is 1. The number of imide groups is 1. The van der Waals surface area contributed by atoms with Crippen LogP contribution in [0.5, 0.6) is 0 Å². The number of aromatic nitrogens is 1. The van der Waals surface area contributed by atoms with Gasteiger partial charge in [0.25, 0.3) is 5.91 Å². The Morgan fingerprint density at radius 1 is 1.19 bits per heavy atom. The normalized spacial score (nSPS) is 28.1.